The molecule has 1 aromatic rings. The summed E-state index contributed by atoms with van der Waals surface area (Å²) < 4.78 is 68.3. The Bertz CT molecular complexity index is 1030. The first-order valence-electron chi connectivity index (χ1n) is 11.3. The topological polar surface area (TPSA) is 20.3 Å². The van der Waals surface area contributed by atoms with Crippen LogP contribution in [0.3, 0.4) is 0 Å². The van der Waals surface area contributed by atoms with E-state index in [1.165, 1.54) is 0 Å². The molecule has 1 fully saturated rings. The summed E-state index contributed by atoms with van der Waals surface area (Å²) >= 11 is 0. The molecule has 0 spiro atoms. The van der Waals surface area contributed by atoms with Crippen molar-refractivity contribution in [2.45, 2.75) is 50.9 Å². The van der Waals surface area contributed by atoms with E-state index < -0.39 is 30.3 Å². The van der Waals surface area contributed by atoms with Crippen LogP contribution in [0, 0.1) is 29.5 Å². The molecule has 182 valence electrons. The second kappa shape index (κ2) is 11.1. The summed E-state index contributed by atoms with van der Waals surface area (Å²) in [5.41, 5.74) is 0.0112. The third kappa shape index (κ3) is 6.24. The van der Waals surface area contributed by atoms with Crippen molar-refractivity contribution < 1.29 is 26.7 Å². The number of halogens is 5. The molecule has 3 rings (SSSR count). The number of nitrogens with zero attached hydrogens (tertiary/aromatic N) is 1. The number of carbonyl (C=O) groups excluding carboxylic acids is 1. The zero-order valence-electron chi connectivity index (χ0n) is 19.0. The average Bonchev–Trinajstić information content (AvgIpc) is 2.80. The van der Waals surface area contributed by atoms with Gasteiger partial charge in [0.25, 0.3) is 0 Å². The number of benzene rings is 1. The first-order chi connectivity index (χ1) is 16.1. The lowest BCUT2D eigenvalue weighted by Gasteiger charge is -2.45. The highest BCUT2D eigenvalue weighted by molar-refractivity contribution is 5.49. The minimum atomic E-state index is -4.62. The first kappa shape index (κ1) is 25.9. The van der Waals surface area contributed by atoms with Crippen molar-refractivity contribution in [2.24, 2.45) is 11.8 Å². The van der Waals surface area contributed by atoms with Gasteiger partial charge < -0.3 is 4.79 Å². The maximum absolute atomic E-state index is 15.0. The summed E-state index contributed by atoms with van der Waals surface area (Å²) in [4.78, 5) is 13.1. The number of likely N-dealkylation sites (tertiary alicyclic amines) is 1. The van der Waals surface area contributed by atoms with Crippen molar-refractivity contribution in [3.05, 3.63) is 71.1 Å². The van der Waals surface area contributed by atoms with Crippen LogP contribution in [-0.2, 0) is 11.0 Å². The molecule has 2 nitrogen and oxygen atoms in total. The lowest BCUT2D eigenvalue weighted by atomic mass is 9.78. The van der Waals surface area contributed by atoms with E-state index in [0.717, 1.165) is 24.5 Å². The molecular weight excluding hydrogens is 449 g/mol. The molecule has 1 heterocycles. The molecule has 2 aliphatic rings. The fraction of sp³-hybridized carbons (Fsp3) is 0.444. The SMILES string of the molecule is C=C(C)C#C[C@@H](c1cc(C(F)(F)F)ccc1F)N1CC[C@H](CC=O)C[C@@H]1C1C=CC(CF)=CC1. The van der Waals surface area contributed by atoms with Gasteiger partial charge in [-0.25, -0.2) is 8.78 Å². The van der Waals surface area contributed by atoms with Crippen molar-refractivity contribution in [3.63, 3.8) is 0 Å². The predicted molar refractivity (Wildman–Crippen MR) is 122 cm³/mol. The summed E-state index contributed by atoms with van der Waals surface area (Å²) in [5, 5.41) is 0. The summed E-state index contributed by atoms with van der Waals surface area (Å²) in [5.74, 6) is 5.08. The van der Waals surface area contributed by atoms with Crippen LogP contribution in [0.2, 0.25) is 0 Å². The van der Waals surface area contributed by atoms with Gasteiger partial charge in [0.2, 0.25) is 0 Å². The molecule has 1 aromatic carbocycles. The van der Waals surface area contributed by atoms with E-state index in [4.69, 9.17) is 0 Å². The molecule has 0 radical (unpaired) electrons. The molecule has 1 unspecified atom stereocenters. The van der Waals surface area contributed by atoms with Gasteiger partial charge in [0.1, 0.15) is 24.8 Å². The number of allylic oxidation sites excluding steroid dienone is 4. The molecule has 4 atom stereocenters. The third-order valence-corrected chi connectivity index (χ3v) is 6.46. The number of hydrogen-bond donors (Lipinski definition) is 0. The quantitative estimate of drug-likeness (QED) is 0.261. The standard InChI is InChI=1S/C27H28F5NO/c1-18(2)3-10-25(23-16-22(27(30,31)32)8-9-24(23)29)33-13-11-19(12-14-34)15-26(33)21-6-4-20(17-28)5-7-21/h4-6,8-9,14,16,19,21,25-26H,1,7,11-13,15,17H2,2H3/t19-,21?,25+,26-/m1/s1. The molecule has 34 heavy (non-hydrogen) atoms. The van der Waals surface area contributed by atoms with Crippen molar-refractivity contribution in [1.82, 2.24) is 4.90 Å². The van der Waals surface area contributed by atoms with Gasteiger partial charge in [0.15, 0.2) is 0 Å². The summed E-state index contributed by atoms with van der Waals surface area (Å²) in [6, 6.07) is 1.26. The van der Waals surface area contributed by atoms with Crippen LogP contribution in [0.5, 0.6) is 0 Å². The lowest BCUT2D eigenvalue weighted by Crippen LogP contribution is -2.48. The van der Waals surface area contributed by atoms with Gasteiger partial charge in [-0.05, 0) is 67.4 Å². The molecule has 0 N–H and O–H groups in total. The number of carbonyl (C=O) groups is 1. The fourth-order valence-electron chi connectivity index (χ4n) is 4.71. The summed E-state index contributed by atoms with van der Waals surface area (Å²) in [6.07, 6.45) is 3.87. The van der Waals surface area contributed by atoms with E-state index in [2.05, 4.69) is 18.4 Å². The predicted octanol–water partition coefficient (Wildman–Crippen LogP) is 6.61. The van der Waals surface area contributed by atoms with E-state index in [-0.39, 0.29) is 23.4 Å². The zero-order chi connectivity index (χ0) is 24.9. The number of alkyl halides is 4. The van der Waals surface area contributed by atoms with Gasteiger partial charge in [0.05, 0.1) is 5.56 Å². The minimum Gasteiger partial charge on any atom is -0.303 e. The molecule has 1 saturated heterocycles. The van der Waals surface area contributed by atoms with Gasteiger partial charge in [-0.2, -0.15) is 13.2 Å². The minimum absolute atomic E-state index is 0.0623. The Balaban J connectivity index is 2.06. The van der Waals surface area contributed by atoms with Crippen molar-refractivity contribution >= 4 is 6.29 Å². The van der Waals surface area contributed by atoms with Gasteiger partial charge in [-0.3, -0.25) is 4.90 Å². The monoisotopic (exact) mass is 477 g/mol. The smallest absolute Gasteiger partial charge is 0.303 e. The Morgan fingerprint density at radius 1 is 1.35 bits per heavy atom. The van der Waals surface area contributed by atoms with E-state index in [1.54, 1.807) is 13.0 Å². The largest absolute Gasteiger partial charge is 0.416 e. The second-order valence-corrected chi connectivity index (χ2v) is 8.96. The molecule has 7 heteroatoms. The lowest BCUT2D eigenvalue weighted by molar-refractivity contribution is -0.137. The van der Waals surface area contributed by atoms with Gasteiger partial charge >= 0.3 is 6.18 Å². The molecule has 0 saturated carbocycles. The normalized spacial score (nSPS) is 24.1. The van der Waals surface area contributed by atoms with Crippen LogP contribution >= 0.6 is 0 Å². The van der Waals surface area contributed by atoms with Crippen LogP contribution in [0.4, 0.5) is 22.0 Å². The van der Waals surface area contributed by atoms with E-state index in [1.807, 2.05) is 17.1 Å². The molecule has 1 aliphatic carbocycles. The summed E-state index contributed by atoms with van der Waals surface area (Å²) in [6.45, 7) is 5.29. The van der Waals surface area contributed by atoms with Crippen molar-refractivity contribution in [1.29, 1.82) is 0 Å². The third-order valence-electron chi connectivity index (χ3n) is 6.46. The van der Waals surface area contributed by atoms with E-state index in [9.17, 15) is 26.7 Å². The van der Waals surface area contributed by atoms with Crippen LogP contribution in [0.15, 0.2) is 54.2 Å². The molecule has 0 bridgehead atoms. The highest BCUT2D eigenvalue weighted by Gasteiger charge is 2.39. The highest BCUT2D eigenvalue weighted by atomic mass is 19.4. The zero-order valence-corrected chi connectivity index (χ0v) is 19.0. The fourth-order valence-corrected chi connectivity index (χ4v) is 4.71. The Morgan fingerprint density at radius 2 is 2.12 bits per heavy atom. The molecule has 1 aliphatic heterocycles. The number of aldehydes is 1. The van der Waals surface area contributed by atoms with Gasteiger partial charge in [0, 0.05) is 24.6 Å². The molecule has 0 aromatic heterocycles. The van der Waals surface area contributed by atoms with Crippen LogP contribution in [0.25, 0.3) is 0 Å². The first-order valence-corrected chi connectivity index (χ1v) is 11.3. The van der Waals surface area contributed by atoms with Crippen molar-refractivity contribution in [2.75, 3.05) is 13.2 Å². The Hall–Kier alpha value is -2.72. The van der Waals surface area contributed by atoms with Crippen molar-refractivity contribution in [3.8, 4) is 11.8 Å². The second-order valence-electron chi connectivity index (χ2n) is 8.96. The average molecular weight is 478 g/mol. The maximum atomic E-state index is 15.0. The van der Waals surface area contributed by atoms with Gasteiger partial charge in [-0.15, -0.1) is 0 Å². The molecular formula is C27H28F5NO. The number of rotatable bonds is 6. The Labute approximate surface area is 197 Å². The number of piperidine rings is 1. The maximum Gasteiger partial charge on any atom is 0.416 e. The number of hydrogen-bond acceptors (Lipinski definition) is 2. The van der Waals surface area contributed by atoms with Crippen LogP contribution in [0.1, 0.15) is 49.8 Å². The highest BCUT2D eigenvalue weighted by Crippen LogP contribution is 2.40. The van der Waals surface area contributed by atoms with Crippen LogP contribution < -0.4 is 0 Å². The molecule has 0 amide bonds. The van der Waals surface area contributed by atoms with E-state index in [0.29, 0.717) is 43.4 Å². The van der Waals surface area contributed by atoms with E-state index >= 15 is 0 Å². The van der Waals surface area contributed by atoms with Gasteiger partial charge in [-0.1, -0.05) is 36.6 Å². The Morgan fingerprint density at radius 3 is 2.71 bits per heavy atom. The summed E-state index contributed by atoms with van der Waals surface area (Å²) in [7, 11) is 0. The van der Waals surface area contributed by atoms with Crippen LogP contribution in [-0.4, -0.2) is 30.4 Å². The Kier molecular flexibility index (Phi) is 8.48.